The van der Waals surface area contributed by atoms with Crippen LogP contribution in [0.1, 0.15) is 68.3 Å². The number of hydrogen-bond acceptors (Lipinski definition) is 5. The Morgan fingerprint density at radius 3 is 2.33 bits per heavy atom. The van der Waals surface area contributed by atoms with Crippen LogP contribution in [-0.2, 0) is 9.53 Å². The molecule has 0 saturated carbocycles. The van der Waals surface area contributed by atoms with E-state index in [1.165, 1.54) is 18.9 Å². The highest BCUT2D eigenvalue weighted by molar-refractivity contribution is 6.02. The van der Waals surface area contributed by atoms with Gasteiger partial charge in [0.15, 0.2) is 11.5 Å². The molecule has 178 valence electrons. The molecule has 0 heterocycles. The first-order valence-electron chi connectivity index (χ1n) is 11.6. The number of carbonyl (C=O) groups excluding carboxylic acids is 2. The van der Waals surface area contributed by atoms with Crippen molar-refractivity contribution in [2.24, 2.45) is 0 Å². The molecule has 2 aromatic carbocycles. The number of amides is 1. The average Bonchev–Trinajstić information content (AvgIpc) is 2.83. The molecule has 33 heavy (non-hydrogen) atoms. The van der Waals surface area contributed by atoms with E-state index in [2.05, 4.69) is 12.2 Å². The van der Waals surface area contributed by atoms with Crippen LogP contribution < -0.4 is 14.8 Å². The first-order chi connectivity index (χ1) is 16.1. The molecule has 0 spiro atoms. The number of ether oxygens (including phenoxy) is 3. The summed E-state index contributed by atoms with van der Waals surface area (Å²) in [4.78, 5) is 24.2. The molecule has 2 rings (SSSR count). The SMILES string of the molecule is CCCCCCOc1ccc(/C=C/C(=O)Nc2ccc(C(=O)OCCCC)cc2)cc1OC. The number of methoxy groups -OCH3 is 1. The van der Waals surface area contributed by atoms with Gasteiger partial charge in [-0.05, 0) is 60.9 Å². The molecule has 0 aromatic heterocycles. The summed E-state index contributed by atoms with van der Waals surface area (Å²) < 4.78 is 16.4. The van der Waals surface area contributed by atoms with Gasteiger partial charge in [-0.2, -0.15) is 0 Å². The standard InChI is InChI=1S/C27H35NO5/c1-4-6-8-9-19-32-24-16-10-21(20-25(24)31-3)11-17-26(29)28-23-14-12-22(13-15-23)27(30)33-18-7-5-2/h10-17,20H,4-9,18-19H2,1-3H3,(H,28,29)/b17-11+. The number of nitrogens with one attached hydrogen (secondary N) is 1. The van der Waals surface area contributed by atoms with Gasteiger partial charge in [-0.25, -0.2) is 4.79 Å². The van der Waals surface area contributed by atoms with Crippen LogP contribution in [0.15, 0.2) is 48.5 Å². The van der Waals surface area contributed by atoms with Gasteiger partial charge in [0.2, 0.25) is 5.91 Å². The number of esters is 1. The zero-order valence-corrected chi connectivity index (χ0v) is 19.9. The summed E-state index contributed by atoms with van der Waals surface area (Å²) >= 11 is 0. The Balaban J connectivity index is 1.88. The topological polar surface area (TPSA) is 73.9 Å². The van der Waals surface area contributed by atoms with Crippen LogP contribution in [-0.4, -0.2) is 32.2 Å². The van der Waals surface area contributed by atoms with Crippen LogP contribution in [0.4, 0.5) is 5.69 Å². The molecule has 0 radical (unpaired) electrons. The van der Waals surface area contributed by atoms with E-state index in [0.29, 0.717) is 36.0 Å². The van der Waals surface area contributed by atoms with E-state index < -0.39 is 0 Å². The molecule has 6 nitrogen and oxygen atoms in total. The van der Waals surface area contributed by atoms with Crippen LogP contribution >= 0.6 is 0 Å². The maximum atomic E-state index is 12.3. The lowest BCUT2D eigenvalue weighted by Crippen LogP contribution is -2.09. The third kappa shape index (κ3) is 9.39. The van der Waals surface area contributed by atoms with E-state index >= 15 is 0 Å². The maximum Gasteiger partial charge on any atom is 0.338 e. The lowest BCUT2D eigenvalue weighted by Gasteiger charge is -2.11. The summed E-state index contributed by atoms with van der Waals surface area (Å²) in [7, 11) is 1.60. The molecular weight excluding hydrogens is 418 g/mol. The molecule has 0 fully saturated rings. The molecule has 0 aliphatic carbocycles. The number of anilines is 1. The Kier molecular flexibility index (Phi) is 11.6. The van der Waals surface area contributed by atoms with E-state index in [1.54, 1.807) is 37.5 Å². The summed E-state index contributed by atoms with van der Waals surface area (Å²) in [5.74, 6) is 0.699. The van der Waals surface area contributed by atoms with Gasteiger partial charge in [0.1, 0.15) is 0 Å². The number of carbonyl (C=O) groups is 2. The second-order valence-corrected chi connectivity index (χ2v) is 7.71. The largest absolute Gasteiger partial charge is 0.493 e. The van der Waals surface area contributed by atoms with Crippen LogP contribution in [0.3, 0.4) is 0 Å². The number of hydrogen-bond donors (Lipinski definition) is 1. The van der Waals surface area contributed by atoms with Gasteiger partial charge < -0.3 is 19.5 Å². The van der Waals surface area contributed by atoms with Crippen LogP contribution in [0.5, 0.6) is 11.5 Å². The van der Waals surface area contributed by atoms with Crippen molar-refractivity contribution in [3.05, 3.63) is 59.7 Å². The minimum Gasteiger partial charge on any atom is -0.493 e. The second-order valence-electron chi connectivity index (χ2n) is 7.71. The van der Waals surface area contributed by atoms with Gasteiger partial charge in [-0.15, -0.1) is 0 Å². The van der Waals surface area contributed by atoms with Crippen molar-refractivity contribution in [3.8, 4) is 11.5 Å². The van der Waals surface area contributed by atoms with Gasteiger partial charge in [0.25, 0.3) is 0 Å². The van der Waals surface area contributed by atoms with E-state index in [0.717, 1.165) is 31.2 Å². The van der Waals surface area contributed by atoms with Crippen molar-refractivity contribution in [2.45, 2.75) is 52.4 Å². The summed E-state index contributed by atoms with van der Waals surface area (Å²) in [6, 6.07) is 12.2. The predicted octanol–water partition coefficient (Wildman–Crippen LogP) is 6.26. The minimum atomic E-state index is -0.358. The summed E-state index contributed by atoms with van der Waals surface area (Å²) in [5.41, 5.74) is 1.88. The van der Waals surface area contributed by atoms with Crippen molar-refractivity contribution in [1.29, 1.82) is 0 Å². The number of unbranched alkanes of at least 4 members (excludes halogenated alkanes) is 4. The average molecular weight is 454 g/mol. The zero-order valence-electron chi connectivity index (χ0n) is 19.9. The van der Waals surface area contributed by atoms with E-state index in [4.69, 9.17) is 14.2 Å². The Bertz CT molecular complexity index is 905. The van der Waals surface area contributed by atoms with Gasteiger partial charge in [0, 0.05) is 11.8 Å². The fraction of sp³-hybridized carbons (Fsp3) is 0.407. The first-order valence-corrected chi connectivity index (χ1v) is 11.6. The fourth-order valence-electron chi connectivity index (χ4n) is 3.06. The molecule has 0 atom stereocenters. The summed E-state index contributed by atoms with van der Waals surface area (Å²) in [5, 5.41) is 2.78. The van der Waals surface area contributed by atoms with Gasteiger partial charge in [0.05, 0.1) is 25.9 Å². The van der Waals surface area contributed by atoms with Crippen LogP contribution in [0, 0.1) is 0 Å². The molecule has 0 unspecified atom stereocenters. The third-order valence-electron chi connectivity index (χ3n) is 4.99. The molecule has 1 amide bonds. The smallest absolute Gasteiger partial charge is 0.338 e. The maximum absolute atomic E-state index is 12.3. The molecular formula is C27H35NO5. The molecule has 0 aliphatic heterocycles. The van der Waals surface area contributed by atoms with Crippen molar-refractivity contribution in [1.82, 2.24) is 0 Å². The quantitative estimate of drug-likeness (QED) is 0.207. The summed E-state index contributed by atoms with van der Waals surface area (Å²) in [6.45, 7) is 5.29. The zero-order chi connectivity index (χ0) is 23.9. The Morgan fingerprint density at radius 2 is 1.64 bits per heavy atom. The summed E-state index contributed by atoms with van der Waals surface area (Å²) in [6.07, 6.45) is 9.54. The van der Waals surface area contributed by atoms with Crippen molar-refractivity contribution >= 4 is 23.6 Å². The predicted molar refractivity (Wildman–Crippen MR) is 132 cm³/mol. The Labute approximate surface area is 196 Å². The highest BCUT2D eigenvalue weighted by Crippen LogP contribution is 2.29. The van der Waals surface area contributed by atoms with Crippen molar-refractivity contribution in [3.63, 3.8) is 0 Å². The first kappa shape index (κ1) is 26.0. The van der Waals surface area contributed by atoms with E-state index in [9.17, 15) is 9.59 Å². The number of benzene rings is 2. The lowest BCUT2D eigenvalue weighted by molar-refractivity contribution is -0.111. The second kappa shape index (κ2) is 14.7. The van der Waals surface area contributed by atoms with Crippen LogP contribution in [0.25, 0.3) is 6.08 Å². The van der Waals surface area contributed by atoms with E-state index in [-0.39, 0.29) is 11.9 Å². The lowest BCUT2D eigenvalue weighted by atomic mass is 10.1. The third-order valence-corrected chi connectivity index (χ3v) is 4.99. The van der Waals surface area contributed by atoms with Gasteiger partial charge >= 0.3 is 5.97 Å². The molecule has 1 N–H and O–H groups in total. The Hall–Kier alpha value is -3.28. The Morgan fingerprint density at radius 1 is 0.879 bits per heavy atom. The number of rotatable bonds is 14. The van der Waals surface area contributed by atoms with Crippen LogP contribution in [0.2, 0.25) is 0 Å². The molecule has 0 aliphatic rings. The monoisotopic (exact) mass is 453 g/mol. The van der Waals surface area contributed by atoms with Crippen molar-refractivity contribution in [2.75, 3.05) is 25.6 Å². The molecule has 2 aromatic rings. The highest BCUT2D eigenvalue weighted by atomic mass is 16.5. The van der Waals surface area contributed by atoms with Gasteiger partial charge in [-0.3, -0.25) is 4.79 Å². The van der Waals surface area contributed by atoms with E-state index in [1.807, 2.05) is 25.1 Å². The molecule has 0 saturated heterocycles. The highest BCUT2D eigenvalue weighted by Gasteiger charge is 2.08. The minimum absolute atomic E-state index is 0.275. The fourth-order valence-corrected chi connectivity index (χ4v) is 3.06. The molecule has 6 heteroatoms. The van der Waals surface area contributed by atoms with Gasteiger partial charge in [-0.1, -0.05) is 45.6 Å². The normalized spacial score (nSPS) is 10.8. The molecule has 0 bridgehead atoms. The van der Waals surface area contributed by atoms with Crippen molar-refractivity contribution < 1.29 is 23.8 Å².